The van der Waals surface area contributed by atoms with Crippen molar-refractivity contribution >= 4 is 42.2 Å². The van der Waals surface area contributed by atoms with Crippen molar-refractivity contribution in [2.24, 2.45) is 0 Å². The number of nitrogens with one attached hydrogen (secondary N) is 1. The number of hydrogen-bond donors (Lipinski definition) is 1. The molecule has 136 valence electrons. The molecule has 0 radical (unpaired) electrons. The van der Waals surface area contributed by atoms with Crippen LogP contribution in [0.4, 0.5) is 10.1 Å². The number of nitrogens with zero attached hydrogens (tertiary/aromatic N) is 2. The van der Waals surface area contributed by atoms with Gasteiger partial charge >= 0.3 is 0 Å². The molecule has 1 aliphatic rings. The first-order chi connectivity index (χ1) is 10.5. The number of Topliss-reactive ketones (excluding diaryl/α,β-unsaturated/α-hetero) is 1. The molecule has 1 N–H and O–H groups in total. The third-order valence-electron chi connectivity index (χ3n) is 3.92. The monoisotopic (exact) mass is 379 g/mol. The summed E-state index contributed by atoms with van der Waals surface area (Å²) >= 11 is 0. The van der Waals surface area contributed by atoms with Gasteiger partial charge in [0.1, 0.15) is 5.82 Å². The molecule has 1 amide bonds. The summed E-state index contributed by atoms with van der Waals surface area (Å²) in [6.45, 7) is 4.47. The zero-order valence-electron chi connectivity index (χ0n) is 13.9. The Kier molecular flexibility index (Phi) is 9.89. The van der Waals surface area contributed by atoms with E-state index in [1.807, 2.05) is 16.8 Å². The van der Waals surface area contributed by atoms with Crippen molar-refractivity contribution in [2.75, 3.05) is 44.7 Å². The van der Waals surface area contributed by atoms with Crippen LogP contribution >= 0.6 is 24.8 Å². The Morgan fingerprint density at radius 3 is 2.29 bits per heavy atom. The number of anilines is 1. The predicted molar refractivity (Wildman–Crippen MR) is 98.2 cm³/mol. The third-order valence-corrected chi connectivity index (χ3v) is 3.92. The van der Waals surface area contributed by atoms with Crippen molar-refractivity contribution in [2.45, 2.75) is 13.3 Å². The van der Waals surface area contributed by atoms with Gasteiger partial charge in [-0.2, -0.15) is 0 Å². The molecule has 0 saturated carbocycles. The zero-order chi connectivity index (χ0) is 16.1. The zero-order valence-corrected chi connectivity index (χ0v) is 15.5. The van der Waals surface area contributed by atoms with Crippen LogP contribution in [0.25, 0.3) is 0 Å². The fraction of sp³-hybridized carbons (Fsp3) is 0.500. The van der Waals surface area contributed by atoms with Gasteiger partial charge in [-0.3, -0.25) is 9.59 Å². The van der Waals surface area contributed by atoms with Gasteiger partial charge in [0, 0.05) is 44.7 Å². The quantitative estimate of drug-likeness (QED) is 0.796. The van der Waals surface area contributed by atoms with Gasteiger partial charge in [-0.25, -0.2) is 4.39 Å². The molecule has 24 heavy (non-hydrogen) atoms. The van der Waals surface area contributed by atoms with E-state index < -0.39 is 0 Å². The Morgan fingerprint density at radius 1 is 1.17 bits per heavy atom. The standard InChI is InChI=1S/C16H22FN3O2.2ClH/c1-12(21)13-3-4-15(14(17)11-13)19-7-9-20(10-8-19)16(22)5-6-18-2;;/h3-4,11,18H,5-10H2,1-2H3;2*1H. The molecule has 1 fully saturated rings. The minimum Gasteiger partial charge on any atom is -0.366 e. The van der Waals surface area contributed by atoms with E-state index in [9.17, 15) is 14.0 Å². The molecule has 1 saturated heterocycles. The first-order valence-electron chi connectivity index (χ1n) is 7.50. The molecule has 0 unspecified atom stereocenters. The normalized spacial score (nSPS) is 13.8. The van der Waals surface area contributed by atoms with Crippen molar-refractivity contribution in [3.63, 3.8) is 0 Å². The highest BCUT2D eigenvalue weighted by molar-refractivity contribution is 5.94. The second-order valence-corrected chi connectivity index (χ2v) is 5.44. The van der Waals surface area contributed by atoms with Gasteiger partial charge in [0.15, 0.2) is 5.78 Å². The Balaban J connectivity index is 0.00000264. The van der Waals surface area contributed by atoms with E-state index in [1.165, 1.54) is 13.0 Å². The number of amides is 1. The van der Waals surface area contributed by atoms with E-state index in [2.05, 4.69) is 5.32 Å². The van der Waals surface area contributed by atoms with Gasteiger partial charge in [0.2, 0.25) is 5.91 Å². The van der Waals surface area contributed by atoms with Crippen LogP contribution in [0.1, 0.15) is 23.7 Å². The first-order valence-corrected chi connectivity index (χ1v) is 7.50. The van der Waals surface area contributed by atoms with Gasteiger partial charge < -0.3 is 15.1 Å². The minimum atomic E-state index is -0.386. The molecule has 1 aromatic rings. The minimum absolute atomic E-state index is 0. The van der Waals surface area contributed by atoms with Crippen LogP contribution in [-0.2, 0) is 4.79 Å². The summed E-state index contributed by atoms with van der Waals surface area (Å²) in [5, 5.41) is 2.96. The average Bonchev–Trinajstić information content (AvgIpc) is 2.52. The van der Waals surface area contributed by atoms with E-state index in [0.29, 0.717) is 50.4 Å². The van der Waals surface area contributed by atoms with Gasteiger partial charge in [-0.05, 0) is 32.2 Å². The molecule has 1 heterocycles. The van der Waals surface area contributed by atoms with Crippen molar-refractivity contribution in [1.82, 2.24) is 10.2 Å². The summed E-state index contributed by atoms with van der Waals surface area (Å²) < 4.78 is 14.1. The second-order valence-electron chi connectivity index (χ2n) is 5.44. The lowest BCUT2D eigenvalue weighted by molar-refractivity contribution is -0.131. The Bertz CT molecular complexity index is 564. The second kappa shape index (κ2) is 10.5. The van der Waals surface area contributed by atoms with Crippen LogP contribution in [0.15, 0.2) is 18.2 Å². The summed E-state index contributed by atoms with van der Waals surface area (Å²) in [6, 6.07) is 4.57. The Morgan fingerprint density at radius 2 is 1.79 bits per heavy atom. The first kappa shape index (κ1) is 22.6. The molecule has 1 aromatic carbocycles. The number of hydrogen-bond acceptors (Lipinski definition) is 4. The SMILES string of the molecule is CNCCC(=O)N1CCN(c2ccc(C(C)=O)cc2F)CC1.Cl.Cl. The topological polar surface area (TPSA) is 52.7 Å². The van der Waals surface area contributed by atoms with Gasteiger partial charge in [0.25, 0.3) is 0 Å². The highest BCUT2D eigenvalue weighted by Gasteiger charge is 2.22. The van der Waals surface area contributed by atoms with Crippen LogP contribution < -0.4 is 10.2 Å². The summed E-state index contributed by atoms with van der Waals surface area (Å²) in [5.41, 5.74) is 0.870. The van der Waals surface area contributed by atoms with Crippen molar-refractivity contribution < 1.29 is 14.0 Å². The number of piperazine rings is 1. The van der Waals surface area contributed by atoms with E-state index >= 15 is 0 Å². The maximum atomic E-state index is 14.1. The summed E-state index contributed by atoms with van der Waals surface area (Å²) in [6.07, 6.45) is 0.484. The predicted octanol–water partition coefficient (Wildman–Crippen LogP) is 2.13. The maximum absolute atomic E-state index is 14.1. The molecule has 0 atom stereocenters. The van der Waals surface area contributed by atoms with Crippen molar-refractivity contribution in [1.29, 1.82) is 0 Å². The number of carbonyl (C=O) groups is 2. The van der Waals surface area contributed by atoms with E-state index in [0.717, 1.165) is 0 Å². The van der Waals surface area contributed by atoms with Gasteiger partial charge in [0.05, 0.1) is 5.69 Å². The molecule has 8 heteroatoms. The van der Waals surface area contributed by atoms with Crippen LogP contribution in [-0.4, -0.2) is 56.4 Å². The van der Waals surface area contributed by atoms with Gasteiger partial charge in [-0.15, -0.1) is 24.8 Å². The molecule has 0 bridgehead atoms. The highest BCUT2D eigenvalue weighted by atomic mass is 35.5. The van der Waals surface area contributed by atoms with Crippen LogP contribution in [0, 0.1) is 5.82 Å². The summed E-state index contributed by atoms with van der Waals surface area (Å²) in [5.74, 6) is -0.408. The lowest BCUT2D eigenvalue weighted by Gasteiger charge is -2.36. The van der Waals surface area contributed by atoms with Crippen LogP contribution in [0.5, 0.6) is 0 Å². The maximum Gasteiger partial charge on any atom is 0.223 e. The fourth-order valence-electron chi connectivity index (χ4n) is 2.57. The number of carbonyl (C=O) groups excluding carboxylic acids is 2. The fourth-order valence-corrected chi connectivity index (χ4v) is 2.57. The summed E-state index contributed by atoms with van der Waals surface area (Å²) in [7, 11) is 1.82. The summed E-state index contributed by atoms with van der Waals surface area (Å²) in [4.78, 5) is 26.9. The highest BCUT2D eigenvalue weighted by Crippen LogP contribution is 2.22. The van der Waals surface area contributed by atoms with Crippen LogP contribution in [0.2, 0.25) is 0 Å². The molecule has 0 aliphatic carbocycles. The average molecular weight is 380 g/mol. The molecule has 0 spiro atoms. The molecule has 0 aromatic heterocycles. The van der Waals surface area contributed by atoms with E-state index in [4.69, 9.17) is 0 Å². The number of halogens is 3. The molecular weight excluding hydrogens is 356 g/mol. The smallest absolute Gasteiger partial charge is 0.223 e. The molecule has 2 rings (SSSR count). The Labute approximate surface area is 154 Å². The van der Waals surface area contributed by atoms with Gasteiger partial charge in [-0.1, -0.05) is 0 Å². The van der Waals surface area contributed by atoms with Crippen molar-refractivity contribution in [3.05, 3.63) is 29.6 Å². The lowest BCUT2D eigenvalue weighted by Crippen LogP contribution is -2.49. The largest absolute Gasteiger partial charge is 0.366 e. The molecule has 1 aliphatic heterocycles. The lowest BCUT2D eigenvalue weighted by atomic mass is 10.1. The Hall–Kier alpha value is -1.37. The number of rotatable bonds is 5. The molecular formula is C16H24Cl2FN3O2. The van der Waals surface area contributed by atoms with Crippen molar-refractivity contribution in [3.8, 4) is 0 Å². The molecule has 5 nitrogen and oxygen atoms in total. The number of benzene rings is 1. The van der Waals surface area contributed by atoms with Crippen LogP contribution in [0.3, 0.4) is 0 Å². The third kappa shape index (κ3) is 5.61. The number of ketones is 1. The van der Waals surface area contributed by atoms with E-state index in [1.54, 1.807) is 12.1 Å². The van der Waals surface area contributed by atoms with E-state index in [-0.39, 0.29) is 42.3 Å².